The average Bonchev–Trinajstić information content (AvgIpc) is 3.25. The molecule has 5 rings (SSSR count). The molecular formula is C34H41NO16. The average molecular weight is 720 g/mol. The van der Waals surface area contributed by atoms with Crippen LogP contribution in [0.25, 0.3) is 0 Å². The quantitative estimate of drug-likeness (QED) is 0.303. The minimum absolute atomic E-state index is 0.0294. The van der Waals surface area contributed by atoms with Crippen LogP contribution in [-0.2, 0) is 61.9 Å². The molecule has 1 aromatic heterocycles. The van der Waals surface area contributed by atoms with E-state index in [1.807, 2.05) is 0 Å². The van der Waals surface area contributed by atoms with Crippen molar-refractivity contribution < 1.29 is 76.9 Å². The van der Waals surface area contributed by atoms with E-state index in [0.717, 1.165) is 34.6 Å². The Kier molecular flexibility index (Phi) is 9.58. The largest absolute Gasteiger partial charge is 0.465 e. The Bertz CT molecular complexity index is 1670. The summed E-state index contributed by atoms with van der Waals surface area (Å²) < 4.78 is 40.8. The number of aromatic nitrogens is 1. The number of fused-ring (bicyclic) bond motifs is 5. The Balaban J connectivity index is 1.91. The molecule has 12 atom stereocenters. The first-order chi connectivity index (χ1) is 23.7. The number of Topliss-reactive ketones (excluding diaryl/α,β-unsaturated/α-hetero) is 1. The summed E-state index contributed by atoms with van der Waals surface area (Å²) in [5, 5.41) is 25.3. The van der Waals surface area contributed by atoms with Gasteiger partial charge >= 0.3 is 35.8 Å². The number of hydrogen-bond acceptors (Lipinski definition) is 17. The number of hydrogen-bond donors (Lipinski definition) is 2. The molecule has 0 aromatic carbocycles. The lowest BCUT2D eigenvalue weighted by Gasteiger charge is -2.66. The summed E-state index contributed by atoms with van der Waals surface area (Å²) in [4.78, 5) is 97.6. The summed E-state index contributed by atoms with van der Waals surface area (Å²) in [5.41, 5.74) is -10.1. The molecule has 3 fully saturated rings. The van der Waals surface area contributed by atoms with Gasteiger partial charge in [0.1, 0.15) is 35.4 Å². The molecule has 17 nitrogen and oxygen atoms in total. The Hall–Kier alpha value is -4.48. The smallest absolute Gasteiger partial charge is 0.340 e. The van der Waals surface area contributed by atoms with E-state index in [2.05, 4.69) is 4.98 Å². The first-order valence-electron chi connectivity index (χ1n) is 16.3. The topological polar surface area (TPSA) is 237 Å². The number of aliphatic hydroxyl groups excluding tert-OH is 1. The SMILES string of the molecule is CC(=O)OC[C@@]12[C@H](OC(C)=O)C(=O)C3[C@@H](O)[C@@]14O[C@]3(C)COC(=O)c1cccnc1[C@@H](C)[C@H](C)C(=O)O[C@@H]([C@@H](OC(C)=O)[C@H]2OC(C)=O)[C@]4(C)O. The summed E-state index contributed by atoms with van der Waals surface area (Å²) in [7, 11) is 0. The highest BCUT2D eigenvalue weighted by atomic mass is 16.7. The number of pyridine rings is 1. The van der Waals surface area contributed by atoms with Crippen LogP contribution in [0, 0.1) is 17.3 Å². The zero-order valence-corrected chi connectivity index (χ0v) is 29.3. The standard InChI is InChI=1S/C34H41NO16/c1-14-15(2)29(42)50-27-24(47-17(4)37)28(49-19(6)39)33(13-45-16(3)36)26(48-18(5)38)23(40)21-25(41)34(33,32(27,8)44)51-31(21,7)12-46-30(43)20-10-9-11-35-22(14)20/h9-11,14-15,21,24-28,41,44H,12-13H2,1-8H3/t14-,15-,21?,24+,25+,26+,27-,28+,31+,32-,33-,34-/m0/s1. The molecule has 4 bridgehead atoms. The molecule has 3 heterocycles. The highest BCUT2D eigenvalue weighted by Crippen LogP contribution is 2.68. The predicted molar refractivity (Wildman–Crippen MR) is 165 cm³/mol. The van der Waals surface area contributed by atoms with E-state index in [9.17, 15) is 43.8 Å². The van der Waals surface area contributed by atoms with Crippen LogP contribution in [0.4, 0.5) is 0 Å². The van der Waals surface area contributed by atoms with Crippen LogP contribution >= 0.6 is 0 Å². The maximum atomic E-state index is 14.7. The molecule has 1 spiro atoms. The zero-order valence-electron chi connectivity index (χ0n) is 29.3. The molecule has 51 heavy (non-hydrogen) atoms. The third kappa shape index (κ3) is 5.56. The maximum absolute atomic E-state index is 14.7. The van der Waals surface area contributed by atoms with E-state index >= 15 is 0 Å². The molecular weight excluding hydrogens is 678 g/mol. The normalized spacial score (nSPS) is 40.2. The Labute approximate surface area is 292 Å². The summed E-state index contributed by atoms with van der Waals surface area (Å²) in [6.45, 7) is 7.48. The van der Waals surface area contributed by atoms with Crippen LogP contribution in [0.1, 0.15) is 77.4 Å². The number of esters is 6. The van der Waals surface area contributed by atoms with Gasteiger partial charge in [-0.3, -0.25) is 33.8 Å². The van der Waals surface area contributed by atoms with Gasteiger partial charge < -0.3 is 43.4 Å². The second-order valence-electron chi connectivity index (χ2n) is 14.0. The van der Waals surface area contributed by atoms with Crippen LogP contribution in [-0.4, -0.2) is 117 Å². The van der Waals surface area contributed by atoms with E-state index in [4.69, 9.17) is 33.2 Å². The number of rotatable bonds is 5. The van der Waals surface area contributed by atoms with Crippen molar-refractivity contribution in [2.75, 3.05) is 13.2 Å². The second-order valence-corrected chi connectivity index (χ2v) is 14.0. The van der Waals surface area contributed by atoms with Gasteiger partial charge in [-0.2, -0.15) is 0 Å². The number of aliphatic hydroxyl groups is 2. The van der Waals surface area contributed by atoms with E-state index in [0.29, 0.717) is 0 Å². The zero-order chi connectivity index (χ0) is 38.0. The lowest BCUT2D eigenvalue weighted by Crippen LogP contribution is -2.88. The fourth-order valence-corrected chi connectivity index (χ4v) is 8.41. The minimum Gasteiger partial charge on any atom is -0.465 e. The van der Waals surface area contributed by atoms with Crippen molar-refractivity contribution >= 4 is 41.6 Å². The predicted octanol–water partition coefficient (Wildman–Crippen LogP) is 0.100. The molecule has 2 saturated carbocycles. The summed E-state index contributed by atoms with van der Waals surface area (Å²) >= 11 is 0. The summed E-state index contributed by atoms with van der Waals surface area (Å²) in [6, 6.07) is 2.89. The van der Waals surface area contributed by atoms with Gasteiger partial charge in [0.25, 0.3) is 0 Å². The van der Waals surface area contributed by atoms with Gasteiger partial charge in [-0.1, -0.05) is 13.8 Å². The van der Waals surface area contributed by atoms with E-state index in [1.165, 1.54) is 32.2 Å². The molecule has 2 N–H and O–H groups in total. The van der Waals surface area contributed by atoms with Crippen molar-refractivity contribution in [1.29, 1.82) is 0 Å². The van der Waals surface area contributed by atoms with Gasteiger partial charge in [-0.25, -0.2) is 4.79 Å². The monoisotopic (exact) mass is 719 g/mol. The lowest BCUT2D eigenvalue weighted by molar-refractivity contribution is -0.376. The van der Waals surface area contributed by atoms with Crippen molar-refractivity contribution in [3.05, 3.63) is 29.6 Å². The van der Waals surface area contributed by atoms with E-state index < -0.39 is 125 Å². The van der Waals surface area contributed by atoms with E-state index in [-0.39, 0.29) is 11.3 Å². The summed E-state index contributed by atoms with van der Waals surface area (Å²) in [6.07, 6.45) is -9.04. The van der Waals surface area contributed by atoms with Gasteiger partial charge in [-0.15, -0.1) is 0 Å². The number of cyclic esters (lactones) is 1. The first kappa shape index (κ1) is 37.8. The molecule has 2 aliphatic carbocycles. The van der Waals surface area contributed by atoms with Crippen LogP contribution in [0.5, 0.6) is 0 Å². The molecule has 2 aliphatic heterocycles. The third-order valence-electron chi connectivity index (χ3n) is 10.7. The van der Waals surface area contributed by atoms with Crippen LogP contribution in [0.3, 0.4) is 0 Å². The first-order valence-corrected chi connectivity index (χ1v) is 16.3. The summed E-state index contributed by atoms with van der Waals surface area (Å²) in [5.74, 6) is -10.8. The fourth-order valence-electron chi connectivity index (χ4n) is 8.41. The number of carbonyl (C=O) groups is 7. The molecule has 17 heteroatoms. The van der Waals surface area contributed by atoms with Crippen LogP contribution in [0.2, 0.25) is 0 Å². The van der Waals surface area contributed by atoms with Crippen LogP contribution in [0.15, 0.2) is 18.3 Å². The Morgan fingerprint density at radius 3 is 2.16 bits per heavy atom. The van der Waals surface area contributed by atoms with Crippen molar-refractivity contribution in [2.45, 2.75) is 109 Å². The Morgan fingerprint density at radius 2 is 1.57 bits per heavy atom. The molecule has 1 saturated heterocycles. The van der Waals surface area contributed by atoms with Gasteiger partial charge in [0.15, 0.2) is 30.2 Å². The number of nitrogens with zero attached hydrogens (tertiary/aromatic N) is 1. The Morgan fingerprint density at radius 1 is 0.941 bits per heavy atom. The molecule has 1 unspecified atom stereocenters. The maximum Gasteiger partial charge on any atom is 0.340 e. The number of carbonyl (C=O) groups excluding carboxylic acids is 7. The molecule has 4 aliphatic rings. The molecule has 0 amide bonds. The van der Waals surface area contributed by atoms with Gasteiger partial charge in [0, 0.05) is 39.8 Å². The van der Waals surface area contributed by atoms with Crippen LogP contribution < -0.4 is 0 Å². The van der Waals surface area contributed by atoms with Gasteiger partial charge in [0.2, 0.25) is 0 Å². The van der Waals surface area contributed by atoms with Gasteiger partial charge in [-0.05, 0) is 26.0 Å². The fraction of sp³-hybridized carbons (Fsp3) is 0.647. The highest BCUT2D eigenvalue weighted by Gasteiger charge is 2.90. The van der Waals surface area contributed by atoms with Crippen molar-refractivity contribution in [2.24, 2.45) is 17.3 Å². The molecule has 1 aromatic rings. The minimum atomic E-state index is -2.78. The highest BCUT2D eigenvalue weighted by molar-refractivity contribution is 5.94. The van der Waals surface area contributed by atoms with Crippen molar-refractivity contribution in [3.63, 3.8) is 0 Å². The third-order valence-corrected chi connectivity index (χ3v) is 10.7. The molecule has 278 valence electrons. The van der Waals surface area contributed by atoms with Gasteiger partial charge in [0.05, 0.1) is 29.2 Å². The lowest BCUT2D eigenvalue weighted by atomic mass is 9.45. The van der Waals surface area contributed by atoms with E-state index in [1.54, 1.807) is 6.92 Å². The second kappa shape index (κ2) is 12.9. The van der Waals surface area contributed by atoms with Crippen molar-refractivity contribution in [3.8, 4) is 0 Å². The number of ketones is 1. The molecule has 0 radical (unpaired) electrons. The van der Waals surface area contributed by atoms with Crippen molar-refractivity contribution in [1.82, 2.24) is 4.98 Å². The number of ether oxygens (including phenoxy) is 7.